The molecule has 1 amide bonds. The minimum absolute atomic E-state index is 0.00280. The van der Waals surface area contributed by atoms with Crippen LogP contribution in [0.2, 0.25) is 0 Å². The molecule has 1 aromatic carbocycles. The fraction of sp³-hybridized carbons (Fsp3) is 0.200. The molecule has 0 atom stereocenters. The van der Waals surface area contributed by atoms with Gasteiger partial charge in [-0.3, -0.25) is 4.79 Å². The molecule has 17 heavy (non-hydrogen) atoms. The molecule has 3 N–H and O–H groups in total. The number of ether oxygens (including phenoxy) is 1. The van der Waals surface area contributed by atoms with Crippen molar-refractivity contribution < 1.29 is 18.3 Å². The van der Waals surface area contributed by atoms with Crippen LogP contribution < -0.4 is 15.8 Å². The predicted molar refractivity (Wildman–Crippen MR) is 62.2 cm³/mol. The first-order chi connectivity index (χ1) is 8.00. The number of hydrogen-bond donors (Lipinski definition) is 2. The van der Waals surface area contributed by atoms with Crippen molar-refractivity contribution in [1.29, 1.82) is 0 Å². The fourth-order valence-corrected chi connectivity index (χ4v) is 1.19. The van der Waals surface area contributed by atoms with Gasteiger partial charge in [-0.15, -0.1) is 0 Å². The maximum absolute atomic E-state index is 12.1. The van der Waals surface area contributed by atoms with Crippen molar-refractivity contribution in [1.82, 2.24) is 5.32 Å². The quantitative estimate of drug-likeness (QED) is 0.783. The molecule has 4 nitrogen and oxygen atoms in total. The number of thiocarbonyl (C=S) groups is 1. The Hall–Kier alpha value is -1.76. The van der Waals surface area contributed by atoms with E-state index in [0.29, 0.717) is 0 Å². The van der Waals surface area contributed by atoms with E-state index in [4.69, 9.17) is 5.73 Å². The summed E-state index contributed by atoms with van der Waals surface area (Å²) in [6.45, 7) is -2.99. The Labute approximate surface area is 102 Å². The Morgan fingerprint density at radius 1 is 1.47 bits per heavy atom. The summed E-state index contributed by atoms with van der Waals surface area (Å²) < 4.78 is 28.4. The van der Waals surface area contributed by atoms with Crippen molar-refractivity contribution in [2.45, 2.75) is 6.61 Å². The standard InChI is InChI=1S/C10H10F2N2O2S/c11-10(12)16-7-4-2-1-3-6(7)9(15)14-5-8(13)17/h1-4,10H,5H2,(H2,13,17)(H,14,15). The van der Waals surface area contributed by atoms with Crippen LogP contribution in [0, 0.1) is 0 Å². The van der Waals surface area contributed by atoms with Gasteiger partial charge in [-0.25, -0.2) is 0 Å². The van der Waals surface area contributed by atoms with Crippen LogP contribution in [0.4, 0.5) is 8.78 Å². The summed E-state index contributed by atoms with van der Waals surface area (Å²) >= 11 is 4.58. The average Bonchev–Trinajstić information content (AvgIpc) is 2.25. The molecule has 1 rings (SSSR count). The third kappa shape index (κ3) is 4.31. The molecule has 7 heteroatoms. The van der Waals surface area contributed by atoms with Gasteiger partial charge in [0.2, 0.25) is 0 Å². The molecule has 0 heterocycles. The molecular formula is C10H10F2N2O2S. The predicted octanol–water partition coefficient (Wildman–Crippen LogP) is 1.30. The number of carbonyl (C=O) groups is 1. The van der Waals surface area contributed by atoms with Crippen LogP contribution in [-0.2, 0) is 0 Å². The second-order valence-corrected chi connectivity index (χ2v) is 3.55. The van der Waals surface area contributed by atoms with Crippen LogP contribution in [-0.4, -0.2) is 24.1 Å². The number of nitrogens with one attached hydrogen (secondary N) is 1. The van der Waals surface area contributed by atoms with Crippen LogP contribution in [0.5, 0.6) is 5.75 Å². The van der Waals surface area contributed by atoms with Gasteiger partial charge in [0.25, 0.3) is 5.91 Å². The summed E-state index contributed by atoms with van der Waals surface area (Å²) in [5.41, 5.74) is 5.21. The number of para-hydroxylation sites is 1. The van der Waals surface area contributed by atoms with E-state index in [0.717, 1.165) is 0 Å². The van der Waals surface area contributed by atoms with E-state index in [2.05, 4.69) is 22.3 Å². The highest BCUT2D eigenvalue weighted by Gasteiger charge is 2.14. The fourth-order valence-electron chi connectivity index (χ4n) is 1.12. The Kier molecular flexibility index (Phi) is 4.77. The Morgan fingerprint density at radius 2 is 2.12 bits per heavy atom. The first-order valence-corrected chi connectivity index (χ1v) is 5.02. The zero-order valence-electron chi connectivity index (χ0n) is 8.65. The summed E-state index contributed by atoms with van der Waals surface area (Å²) in [5, 5.41) is 2.38. The van der Waals surface area contributed by atoms with Gasteiger partial charge in [-0.1, -0.05) is 24.4 Å². The van der Waals surface area contributed by atoms with Crippen molar-refractivity contribution in [3.8, 4) is 5.75 Å². The second kappa shape index (κ2) is 6.09. The lowest BCUT2D eigenvalue weighted by Crippen LogP contribution is -2.32. The number of nitrogens with two attached hydrogens (primary N) is 1. The van der Waals surface area contributed by atoms with Crippen molar-refractivity contribution in [2.75, 3.05) is 6.54 Å². The highest BCUT2D eigenvalue weighted by Crippen LogP contribution is 2.19. The largest absolute Gasteiger partial charge is 0.434 e. The van der Waals surface area contributed by atoms with Crippen LogP contribution in [0.3, 0.4) is 0 Å². The average molecular weight is 260 g/mol. The number of hydrogen-bond acceptors (Lipinski definition) is 3. The molecule has 0 aliphatic rings. The number of rotatable bonds is 5. The summed E-state index contributed by atoms with van der Waals surface area (Å²) in [6, 6.07) is 5.67. The maximum Gasteiger partial charge on any atom is 0.387 e. The molecule has 1 aromatic rings. The first kappa shape index (κ1) is 13.3. The van der Waals surface area contributed by atoms with Gasteiger partial charge in [0.1, 0.15) is 5.75 Å². The third-order valence-electron chi connectivity index (χ3n) is 1.77. The molecular weight excluding hydrogens is 250 g/mol. The van der Waals surface area contributed by atoms with E-state index in [9.17, 15) is 13.6 Å². The zero-order valence-corrected chi connectivity index (χ0v) is 9.47. The third-order valence-corrected chi connectivity index (χ3v) is 1.92. The van der Waals surface area contributed by atoms with E-state index in [1.165, 1.54) is 24.3 Å². The van der Waals surface area contributed by atoms with E-state index in [1.54, 1.807) is 0 Å². The molecule has 0 bridgehead atoms. The van der Waals surface area contributed by atoms with Crippen LogP contribution in [0.1, 0.15) is 10.4 Å². The van der Waals surface area contributed by atoms with E-state index in [1.807, 2.05) is 0 Å². The molecule has 0 spiro atoms. The minimum Gasteiger partial charge on any atom is -0.434 e. The number of carbonyl (C=O) groups excluding carboxylic acids is 1. The summed E-state index contributed by atoms with van der Waals surface area (Å²) in [6.07, 6.45) is 0. The van der Waals surface area contributed by atoms with Gasteiger partial charge < -0.3 is 15.8 Å². The highest BCUT2D eigenvalue weighted by molar-refractivity contribution is 7.80. The Morgan fingerprint density at radius 3 is 2.71 bits per heavy atom. The lowest BCUT2D eigenvalue weighted by Gasteiger charge is -2.10. The van der Waals surface area contributed by atoms with Crippen molar-refractivity contribution in [3.63, 3.8) is 0 Å². The topological polar surface area (TPSA) is 64.3 Å². The molecule has 0 radical (unpaired) electrons. The zero-order chi connectivity index (χ0) is 12.8. The minimum atomic E-state index is -2.99. The van der Waals surface area contributed by atoms with E-state index >= 15 is 0 Å². The van der Waals surface area contributed by atoms with Crippen molar-refractivity contribution in [2.24, 2.45) is 5.73 Å². The van der Waals surface area contributed by atoms with Gasteiger partial charge in [0.15, 0.2) is 0 Å². The lowest BCUT2D eigenvalue weighted by atomic mass is 10.2. The number of alkyl halides is 2. The van der Waals surface area contributed by atoms with Gasteiger partial charge in [0, 0.05) is 0 Å². The SMILES string of the molecule is NC(=S)CNC(=O)c1ccccc1OC(F)F. The summed E-state index contributed by atoms with van der Waals surface area (Å²) in [5.74, 6) is -0.767. The summed E-state index contributed by atoms with van der Waals surface area (Å²) in [4.78, 5) is 11.7. The number of amides is 1. The summed E-state index contributed by atoms with van der Waals surface area (Å²) in [7, 11) is 0. The molecule has 0 fully saturated rings. The smallest absolute Gasteiger partial charge is 0.387 e. The second-order valence-electron chi connectivity index (χ2n) is 3.02. The van der Waals surface area contributed by atoms with Gasteiger partial charge in [0.05, 0.1) is 17.1 Å². The number of halogens is 2. The van der Waals surface area contributed by atoms with Crippen molar-refractivity contribution in [3.05, 3.63) is 29.8 Å². The molecule has 92 valence electrons. The molecule has 0 aliphatic carbocycles. The molecule has 0 saturated heterocycles. The molecule has 0 unspecified atom stereocenters. The lowest BCUT2D eigenvalue weighted by molar-refractivity contribution is -0.0501. The molecule has 0 saturated carbocycles. The molecule has 0 aromatic heterocycles. The Bertz CT molecular complexity index is 427. The van der Waals surface area contributed by atoms with E-state index in [-0.39, 0.29) is 22.8 Å². The van der Waals surface area contributed by atoms with E-state index < -0.39 is 12.5 Å². The normalized spacial score (nSPS) is 10.1. The molecule has 0 aliphatic heterocycles. The monoisotopic (exact) mass is 260 g/mol. The van der Waals surface area contributed by atoms with Crippen LogP contribution >= 0.6 is 12.2 Å². The van der Waals surface area contributed by atoms with Crippen molar-refractivity contribution >= 4 is 23.1 Å². The van der Waals surface area contributed by atoms with Gasteiger partial charge in [-0.05, 0) is 12.1 Å². The van der Waals surface area contributed by atoms with Gasteiger partial charge in [-0.2, -0.15) is 8.78 Å². The van der Waals surface area contributed by atoms with Crippen LogP contribution in [0.15, 0.2) is 24.3 Å². The highest BCUT2D eigenvalue weighted by atomic mass is 32.1. The first-order valence-electron chi connectivity index (χ1n) is 4.61. The van der Waals surface area contributed by atoms with Crippen LogP contribution in [0.25, 0.3) is 0 Å². The Balaban J connectivity index is 2.81. The number of benzene rings is 1. The maximum atomic E-state index is 12.1. The van der Waals surface area contributed by atoms with Gasteiger partial charge >= 0.3 is 6.61 Å².